The Balaban J connectivity index is 3.50. The molecule has 5 heteroatoms. The smallest absolute Gasteiger partial charge is 0.306 e. The van der Waals surface area contributed by atoms with Gasteiger partial charge in [-0.3, -0.25) is 9.59 Å². The maximum absolute atomic E-state index is 12.4. The zero-order valence-corrected chi connectivity index (χ0v) is 56.1. The number of allylic oxidation sites excluding steroid dienone is 20. The molecule has 0 aromatic heterocycles. The van der Waals surface area contributed by atoms with Gasteiger partial charge in [0.15, 0.2) is 6.10 Å². The summed E-state index contributed by atoms with van der Waals surface area (Å²) < 4.78 is 10.8. The molecule has 1 N–H and O–H groups in total. The minimum Gasteiger partial charge on any atom is -0.462 e. The first-order chi connectivity index (χ1) is 42.1. The number of aliphatic hydroxyl groups is 1. The van der Waals surface area contributed by atoms with Crippen LogP contribution in [0.5, 0.6) is 0 Å². The lowest BCUT2D eigenvalue weighted by molar-refractivity contribution is -0.161. The van der Waals surface area contributed by atoms with Crippen LogP contribution in [0, 0.1) is 0 Å². The number of carbonyl (C=O) groups is 2. The van der Waals surface area contributed by atoms with E-state index in [1.165, 1.54) is 225 Å². The summed E-state index contributed by atoms with van der Waals surface area (Å²) in [6, 6.07) is 0. The molecular formula is C80H138O5. The summed E-state index contributed by atoms with van der Waals surface area (Å²) in [4.78, 5) is 24.7. The van der Waals surface area contributed by atoms with Crippen molar-refractivity contribution in [3.05, 3.63) is 122 Å². The van der Waals surface area contributed by atoms with E-state index >= 15 is 0 Å². The van der Waals surface area contributed by atoms with Gasteiger partial charge in [0, 0.05) is 12.8 Å². The molecule has 488 valence electrons. The second kappa shape index (κ2) is 74.6. The minimum atomic E-state index is -0.781. The Morgan fingerprint density at radius 3 is 0.765 bits per heavy atom. The van der Waals surface area contributed by atoms with E-state index in [1.807, 2.05) is 0 Å². The average molecular weight is 1180 g/mol. The Hall–Kier alpha value is -3.70. The maximum atomic E-state index is 12.4. The summed E-state index contributed by atoms with van der Waals surface area (Å²) in [5.74, 6) is -0.585. The first-order valence-electron chi connectivity index (χ1n) is 36.6. The molecule has 0 aliphatic heterocycles. The Morgan fingerprint density at radius 1 is 0.282 bits per heavy atom. The van der Waals surface area contributed by atoms with Crippen LogP contribution in [-0.2, 0) is 19.1 Å². The highest BCUT2D eigenvalue weighted by molar-refractivity contribution is 5.70. The molecule has 0 aliphatic rings. The van der Waals surface area contributed by atoms with E-state index in [9.17, 15) is 14.7 Å². The lowest BCUT2D eigenvalue weighted by atomic mass is 10.0. The Kier molecular flexibility index (Phi) is 71.3. The summed E-state index contributed by atoms with van der Waals surface area (Å²) >= 11 is 0. The molecule has 0 spiro atoms. The van der Waals surface area contributed by atoms with Crippen LogP contribution in [0.4, 0.5) is 0 Å². The standard InChI is InChI=1S/C80H138O5/c1-3-5-7-9-11-13-15-17-19-21-23-25-27-29-31-33-35-36-37-38-39-40-41-42-43-44-45-47-49-51-53-55-57-59-61-63-65-67-69-71-73-75-80(83)85-78(76-81)77-84-79(82)74-72-70-68-66-64-62-60-58-56-54-52-50-48-46-34-32-30-28-26-24-22-20-18-16-14-12-10-8-6-4-2/h5,7,11,13,17,19,23,25,29,31,35-36,38-39,41-42,44-45,49,51,78,81H,3-4,6,8-10,12,14-16,18,20-22,24,26-28,30,32-34,37,40,43,46-48,50,52-77H2,1-2H3/b7-5-,13-11-,19-17-,25-23-,31-29-,36-35-,39-38-,42-41-,45-44-,51-49-. The van der Waals surface area contributed by atoms with Crippen molar-refractivity contribution >= 4 is 11.9 Å². The van der Waals surface area contributed by atoms with Crippen LogP contribution in [0.2, 0.25) is 0 Å². The van der Waals surface area contributed by atoms with Gasteiger partial charge in [-0.25, -0.2) is 0 Å². The zero-order chi connectivity index (χ0) is 61.2. The van der Waals surface area contributed by atoms with E-state index < -0.39 is 6.10 Å². The predicted octanol–water partition coefficient (Wildman–Crippen LogP) is 25.7. The van der Waals surface area contributed by atoms with Gasteiger partial charge in [0.2, 0.25) is 0 Å². The normalized spacial score (nSPS) is 12.9. The van der Waals surface area contributed by atoms with Crippen molar-refractivity contribution < 1.29 is 24.2 Å². The van der Waals surface area contributed by atoms with Gasteiger partial charge in [-0.15, -0.1) is 0 Å². The van der Waals surface area contributed by atoms with Crippen molar-refractivity contribution in [1.82, 2.24) is 0 Å². The summed E-state index contributed by atoms with van der Waals surface area (Å²) in [6.07, 6.45) is 110. The molecule has 5 nitrogen and oxygen atoms in total. The van der Waals surface area contributed by atoms with Crippen LogP contribution < -0.4 is 0 Å². The van der Waals surface area contributed by atoms with Crippen LogP contribution in [0.15, 0.2) is 122 Å². The van der Waals surface area contributed by atoms with Crippen molar-refractivity contribution in [3.63, 3.8) is 0 Å². The Labute approximate surface area is 528 Å². The van der Waals surface area contributed by atoms with Gasteiger partial charge >= 0.3 is 11.9 Å². The van der Waals surface area contributed by atoms with Crippen LogP contribution in [0.25, 0.3) is 0 Å². The van der Waals surface area contributed by atoms with Crippen molar-refractivity contribution in [2.24, 2.45) is 0 Å². The van der Waals surface area contributed by atoms with Gasteiger partial charge in [0.05, 0.1) is 6.61 Å². The number of ether oxygens (including phenoxy) is 2. The van der Waals surface area contributed by atoms with E-state index in [4.69, 9.17) is 9.47 Å². The first kappa shape index (κ1) is 81.3. The summed E-state index contributed by atoms with van der Waals surface area (Å²) in [7, 11) is 0. The minimum absolute atomic E-state index is 0.0687. The predicted molar refractivity (Wildman–Crippen MR) is 375 cm³/mol. The van der Waals surface area contributed by atoms with Crippen molar-refractivity contribution in [2.75, 3.05) is 13.2 Å². The number of hydrogen-bond acceptors (Lipinski definition) is 5. The summed E-state index contributed by atoms with van der Waals surface area (Å²) in [5.41, 5.74) is 0. The summed E-state index contributed by atoms with van der Waals surface area (Å²) in [6.45, 7) is 4.06. The molecule has 0 heterocycles. The number of carbonyl (C=O) groups excluding carboxylic acids is 2. The molecule has 0 saturated heterocycles. The maximum Gasteiger partial charge on any atom is 0.306 e. The third-order valence-corrected chi connectivity index (χ3v) is 16.0. The molecular weight excluding hydrogens is 1040 g/mol. The molecule has 0 amide bonds. The van der Waals surface area contributed by atoms with E-state index in [0.29, 0.717) is 12.8 Å². The molecule has 0 fully saturated rings. The highest BCUT2D eigenvalue weighted by atomic mass is 16.6. The number of unbranched alkanes of at least 4 members (excludes halogenated alkanes) is 39. The van der Waals surface area contributed by atoms with Crippen molar-refractivity contribution in [1.29, 1.82) is 0 Å². The van der Waals surface area contributed by atoms with Gasteiger partial charge in [-0.1, -0.05) is 373 Å². The number of rotatable bonds is 67. The molecule has 0 saturated carbocycles. The fourth-order valence-electron chi connectivity index (χ4n) is 10.6. The van der Waals surface area contributed by atoms with Crippen molar-refractivity contribution in [2.45, 2.75) is 360 Å². The highest BCUT2D eigenvalue weighted by Crippen LogP contribution is 2.18. The SMILES string of the molecule is CC/C=C\C/C=C\C/C=C\C/C=C\C/C=C\C/C=C\C/C=C\C/C=C\C/C=C\C/C=C\CCCCCCCCCCCCC(=O)OC(CO)COC(=O)CCCCCCCCCCCCCCCCCCCCCCCCCCCCCCCC. The third kappa shape index (κ3) is 72.7. The molecule has 1 unspecified atom stereocenters. The van der Waals surface area contributed by atoms with E-state index in [-0.39, 0.29) is 25.2 Å². The summed E-state index contributed by atoms with van der Waals surface area (Å²) in [5, 5.41) is 9.71. The third-order valence-electron chi connectivity index (χ3n) is 16.0. The second-order valence-corrected chi connectivity index (χ2v) is 24.3. The van der Waals surface area contributed by atoms with Crippen LogP contribution in [0.3, 0.4) is 0 Å². The van der Waals surface area contributed by atoms with Crippen LogP contribution in [0.1, 0.15) is 354 Å². The molecule has 0 aliphatic carbocycles. The largest absolute Gasteiger partial charge is 0.462 e. The first-order valence-corrected chi connectivity index (χ1v) is 36.6. The van der Waals surface area contributed by atoms with Gasteiger partial charge in [-0.2, -0.15) is 0 Å². The van der Waals surface area contributed by atoms with Gasteiger partial charge in [-0.05, 0) is 89.9 Å². The number of aliphatic hydroxyl groups excluding tert-OH is 1. The fraction of sp³-hybridized carbons (Fsp3) is 0.725. The second-order valence-electron chi connectivity index (χ2n) is 24.3. The fourth-order valence-corrected chi connectivity index (χ4v) is 10.6. The molecule has 0 bridgehead atoms. The molecule has 1 atom stereocenters. The zero-order valence-electron chi connectivity index (χ0n) is 56.1. The molecule has 0 aromatic carbocycles. The monoisotopic (exact) mass is 1180 g/mol. The lowest BCUT2D eigenvalue weighted by Gasteiger charge is -2.15. The number of esters is 2. The van der Waals surface area contributed by atoms with E-state index in [2.05, 4.69) is 135 Å². The molecule has 0 radical (unpaired) electrons. The quantitative estimate of drug-likeness (QED) is 0.0373. The van der Waals surface area contributed by atoms with E-state index in [1.54, 1.807) is 0 Å². The van der Waals surface area contributed by atoms with Crippen LogP contribution in [-0.4, -0.2) is 36.4 Å². The van der Waals surface area contributed by atoms with Gasteiger partial charge in [0.1, 0.15) is 6.61 Å². The van der Waals surface area contributed by atoms with Gasteiger partial charge < -0.3 is 14.6 Å². The highest BCUT2D eigenvalue weighted by Gasteiger charge is 2.16. The molecule has 0 aromatic rings. The van der Waals surface area contributed by atoms with Gasteiger partial charge in [0.25, 0.3) is 0 Å². The van der Waals surface area contributed by atoms with Crippen LogP contribution >= 0.6 is 0 Å². The molecule has 85 heavy (non-hydrogen) atoms. The Bertz CT molecular complexity index is 1670. The van der Waals surface area contributed by atoms with Crippen molar-refractivity contribution in [3.8, 4) is 0 Å². The number of hydrogen-bond donors (Lipinski definition) is 1. The molecule has 0 rings (SSSR count). The van der Waals surface area contributed by atoms with E-state index in [0.717, 1.165) is 103 Å². The Morgan fingerprint density at radius 2 is 0.506 bits per heavy atom. The average Bonchev–Trinajstić information content (AvgIpc) is 3.52. The topological polar surface area (TPSA) is 72.8 Å². The lowest BCUT2D eigenvalue weighted by Crippen LogP contribution is -2.28.